The van der Waals surface area contributed by atoms with Gasteiger partial charge in [-0.05, 0) is 58.1 Å². The van der Waals surface area contributed by atoms with E-state index in [0.29, 0.717) is 25.6 Å². The smallest absolute Gasteiger partial charge is 0.410 e. The number of guanidine groups is 1. The van der Waals surface area contributed by atoms with Gasteiger partial charge in [0.2, 0.25) is 0 Å². The number of hydrogen-bond donors (Lipinski definition) is 1. The highest BCUT2D eigenvalue weighted by Gasteiger charge is 2.22. The lowest BCUT2D eigenvalue weighted by Gasteiger charge is -2.28. The maximum Gasteiger partial charge on any atom is 0.410 e. The van der Waals surface area contributed by atoms with E-state index in [0.717, 1.165) is 25.1 Å². The van der Waals surface area contributed by atoms with Crippen molar-refractivity contribution in [3.63, 3.8) is 0 Å². The van der Waals surface area contributed by atoms with Crippen molar-refractivity contribution < 1.29 is 9.53 Å². The summed E-state index contributed by atoms with van der Waals surface area (Å²) in [6.07, 6.45) is 7.52. The van der Waals surface area contributed by atoms with E-state index in [4.69, 9.17) is 10.5 Å². The molecular weight excluding hydrogens is 469 g/mol. The quantitative estimate of drug-likeness (QED) is 0.278. The lowest BCUT2D eigenvalue weighted by molar-refractivity contribution is 0.0232. The second-order valence-corrected chi connectivity index (χ2v) is 7.90. The number of rotatable bonds is 6. The van der Waals surface area contributed by atoms with E-state index in [1.54, 1.807) is 17.3 Å². The number of carbonyl (C=O) groups is 1. The SMILES string of the molecule is CC(C)(C)OC(=O)N(CCCN=C(N)N1CCCCC1)Cc1cccnc1.I. The number of ether oxygens (including phenoxy) is 1. The van der Waals surface area contributed by atoms with Gasteiger partial charge in [0.15, 0.2) is 5.96 Å². The van der Waals surface area contributed by atoms with Crippen LogP contribution in [0, 0.1) is 0 Å². The third-order valence-corrected chi connectivity index (χ3v) is 4.29. The minimum absolute atomic E-state index is 0. The van der Waals surface area contributed by atoms with Gasteiger partial charge in [-0.3, -0.25) is 9.98 Å². The molecule has 2 rings (SSSR count). The number of aromatic nitrogens is 1. The molecule has 0 bridgehead atoms. The van der Waals surface area contributed by atoms with Crippen molar-refractivity contribution in [3.8, 4) is 0 Å². The van der Waals surface area contributed by atoms with E-state index in [2.05, 4.69) is 14.9 Å². The molecule has 8 heteroatoms. The lowest BCUT2D eigenvalue weighted by atomic mass is 10.1. The molecule has 1 aromatic rings. The normalized spacial score (nSPS) is 15.0. The summed E-state index contributed by atoms with van der Waals surface area (Å²) in [7, 11) is 0. The Morgan fingerprint density at radius 2 is 2.04 bits per heavy atom. The molecule has 1 saturated heterocycles. The number of carbonyl (C=O) groups excluding carboxylic acids is 1. The Balaban J connectivity index is 0.00000392. The minimum Gasteiger partial charge on any atom is -0.444 e. The second-order valence-electron chi connectivity index (χ2n) is 7.90. The first-order chi connectivity index (χ1) is 12.8. The van der Waals surface area contributed by atoms with Crippen molar-refractivity contribution in [1.29, 1.82) is 0 Å². The molecule has 1 fully saturated rings. The fourth-order valence-electron chi connectivity index (χ4n) is 2.95. The number of aliphatic imine (C=N–C) groups is 1. The number of hydrogen-bond acceptors (Lipinski definition) is 4. The Hall–Kier alpha value is -1.58. The average molecular weight is 503 g/mol. The highest BCUT2D eigenvalue weighted by Crippen LogP contribution is 2.13. The van der Waals surface area contributed by atoms with E-state index in [9.17, 15) is 4.79 Å². The molecule has 1 amide bonds. The number of nitrogens with zero attached hydrogens (tertiary/aromatic N) is 4. The largest absolute Gasteiger partial charge is 0.444 e. The molecule has 158 valence electrons. The first kappa shape index (κ1) is 24.5. The van der Waals surface area contributed by atoms with Gasteiger partial charge >= 0.3 is 6.09 Å². The summed E-state index contributed by atoms with van der Waals surface area (Å²) in [4.78, 5) is 25.0. The predicted octanol–water partition coefficient (Wildman–Crippen LogP) is 3.63. The Morgan fingerprint density at radius 1 is 1.32 bits per heavy atom. The summed E-state index contributed by atoms with van der Waals surface area (Å²) < 4.78 is 5.54. The lowest BCUT2D eigenvalue weighted by Crippen LogP contribution is -2.41. The molecule has 7 nitrogen and oxygen atoms in total. The van der Waals surface area contributed by atoms with E-state index in [1.165, 1.54) is 19.3 Å². The molecule has 0 aliphatic carbocycles. The molecule has 0 aromatic carbocycles. The molecule has 28 heavy (non-hydrogen) atoms. The van der Waals surface area contributed by atoms with Crippen LogP contribution in [-0.2, 0) is 11.3 Å². The summed E-state index contributed by atoms with van der Waals surface area (Å²) in [5.74, 6) is 0.616. The Bertz CT molecular complexity index is 613. The number of halogens is 1. The van der Waals surface area contributed by atoms with Gasteiger partial charge < -0.3 is 20.3 Å². The van der Waals surface area contributed by atoms with Crippen LogP contribution in [0.1, 0.15) is 52.0 Å². The molecule has 0 radical (unpaired) electrons. The van der Waals surface area contributed by atoms with Crippen LogP contribution in [0.15, 0.2) is 29.5 Å². The molecule has 1 aromatic heterocycles. The van der Waals surface area contributed by atoms with Gasteiger partial charge in [0.1, 0.15) is 5.60 Å². The molecule has 0 saturated carbocycles. The molecular formula is C20H34IN5O2. The van der Waals surface area contributed by atoms with E-state index in [-0.39, 0.29) is 30.1 Å². The monoisotopic (exact) mass is 503 g/mol. The molecule has 2 heterocycles. The first-order valence-electron chi connectivity index (χ1n) is 9.77. The van der Waals surface area contributed by atoms with E-state index >= 15 is 0 Å². The van der Waals surface area contributed by atoms with E-state index in [1.807, 2.05) is 32.9 Å². The predicted molar refractivity (Wildman–Crippen MR) is 123 cm³/mol. The molecule has 2 N–H and O–H groups in total. The minimum atomic E-state index is -0.527. The standard InChI is InChI=1S/C20H33N5O2.HI/c1-20(2,3)27-19(26)25(16-17-9-7-10-22-15-17)14-8-11-23-18(21)24-12-5-4-6-13-24;/h7,9-10,15H,4-6,8,11-14,16H2,1-3H3,(H2,21,23);1H. The highest BCUT2D eigenvalue weighted by molar-refractivity contribution is 14.0. The van der Waals surface area contributed by atoms with Crippen molar-refractivity contribution in [2.45, 2.75) is 58.6 Å². The summed E-state index contributed by atoms with van der Waals surface area (Å²) in [6, 6.07) is 3.82. The van der Waals surface area contributed by atoms with Crippen LogP contribution in [-0.4, -0.2) is 58.6 Å². The first-order valence-corrected chi connectivity index (χ1v) is 9.77. The number of nitrogens with two attached hydrogens (primary N) is 1. The average Bonchev–Trinajstić information content (AvgIpc) is 2.64. The fraction of sp³-hybridized carbons (Fsp3) is 0.650. The van der Waals surface area contributed by atoms with Gasteiger partial charge in [0.25, 0.3) is 0 Å². The van der Waals surface area contributed by atoms with Gasteiger partial charge in [-0.15, -0.1) is 24.0 Å². The zero-order valence-corrected chi connectivity index (χ0v) is 19.6. The third-order valence-electron chi connectivity index (χ3n) is 4.29. The fourth-order valence-corrected chi connectivity index (χ4v) is 2.95. The van der Waals surface area contributed by atoms with Crippen molar-refractivity contribution >= 4 is 36.0 Å². The Morgan fingerprint density at radius 3 is 2.64 bits per heavy atom. The number of amides is 1. The van der Waals surface area contributed by atoms with Gasteiger partial charge in [0, 0.05) is 38.6 Å². The Labute approximate surface area is 185 Å². The van der Waals surface area contributed by atoms with Gasteiger partial charge in [0.05, 0.1) is 6.54 Å². The van der Waals surface area contributed by atoms with Crippen LogP contribution in [0.3, 0.4) is 0 Å². The summed E-state index contributed by atoms with van der Waals surface area (Å²) in [5, 5.41) is 0. The molecule has 0 atom stereocenters. The van der Waals surface area contributed by atoms with Crippen LogP contribution in [0.25, 0.3) is 0 Å². The van der Waals surface area contributed by atoms with Crippen molar-refractivity contribution in [1.82, 2.24) is 14.8 Å². The zero-order chi connectivity index (χ0) is 19.7. The third kappa shape index (κ3) is 9.07. The van der Waals surface area contributed by atoms with Crippen molar-refractivity contribution in [2.24, 2.45) is 10.7 Å². The summed E-state index contributed by atoms with van der Waals surface area (Å²) in [6.45, 7) is 9.20. The van der Waals surface area contributed by atoms with Crippen molar-refractivity contribution in [2.75, 3.05) is 26.2 Å². The van der Waals surface area contributed by atoms with Crippen LogP contribution < -0.4 is 5.73 Å². The summed E-state index contributed by atoms with van der Waals surface area (Å²) >= 11 is 0. The van der Waals surface area contributed by atoms with Crippen molar-refractivity contribution in [3.05, 3.63) is 30.1 Å². The highest BCUT2D eigenvalue weighted by atomic mass is 127. The Kier molecular flexibility index (Phi) is 10.6. The molecule has 1 aliphatic heterocycles. The zero-order valence-electron chi connectivity index (χ0n) is 17.3. The number of likely N-dealkylation sites (tertiary alicyclic amines) is 1. The van der Waals surface area contributed by atoms with Crippen LogP contribution in [0.2, 0.25) is 0 Å². The number of piperidine rings is 1. The maximum atomic E-state index is 12.6. The van der Waals surface area contributed by atoms with Crippen LogP contribution in [0.5, 0.6) is 0 Å². The van der Waals surface area contributed by atoms with Gasteiger partial charge in [-0.1, -0.05) is 6.07 Å². The number of pyridine rings is 1. The van der Waals surface area contributed by atoms with Gasteiger partial charge in [-0.25, -0.2) is 4.79 Å². The summed E-state index contributed by atoms with van der Waals surface area (Å²) in [5.41, 5.74) is 6.54. The van der Waals surface area contributed by atoms with Gasteiger partial charge in [-0.2, -0.15) is 0 Å². The second kappa shape index (κ2) is 12.1. The topological polar surface area (TPSA) is 84.0 Å². The van der Waals surface area contributed by atoms with E-state index < -0.39 is 5.60 Å². The molecule has 1 aliphatic rings. The van der Waals surface area contributed by atoms with Crippen LogP contribution >= 0.6 is 24.0 Å². The molecule has 0 unspecified atom stereocenters. The van der Waals surface area contributed by atoms with Crippen LogP contribution in [0.4, 0.5) is 4.79 Å². The maximum absolute atomic E-state index is 12.6. The molecule has 0 spiro atoms.